The van der Waals surface area contributed by atoms with E-state index in [9.17, 15) is 4.79 Å². The van der Waals surface area contributed by atoms with Gasteiger partial charge < -0.3 is 10.6 Å². The third kappa shape index (κ3) is 4.20. The van der Waals surface area contributed by atoms with Crippen LogP contribution in [0, 0.1) is 11.3 Å². The fraction of sp³-hybridized carbons (Fsp3) is 0.938. The van der Waals surface area contributed by atoms with E-state index in [0.717, 1.165) is 32.2 Å². The van der Waals surface area contributed by atoms with Gasteiger partial charge in [0.1, 0.15) is 0 Å². The van der Waals surface area contributed by atoms with E-state index in [0.29, 0.717) is 24.4 Å². The molecule has 2 N–H and O–H groups in total. The van der Waals surface area contributed by atoms with Gasteiger partial charge in [-0.25, -0.2) is 0 Å². The Hall–Kier alpha value is -0.570. The highest BCUT2D eigenvalue weighted by Crippen LogP contribution is 2.36. The molecule has 0 aromatic rings. The number of nitrogens with zero attached hydrogens (tertiary/aromatic N) is 1. The van der Waals surface area contributed by atoms with Gasteiger partial charge in [0.2, 0.25) is 5.91 Å². The SMILES string of the molecule is CCCC(CN)(CCC)C(=O)N(CC(C)C)C1CC1. The second-order valence-corrected chi connectivity index (χ2v) is 6.57. The maximum absolute atomic E-state index is 13.0. The summed E-state index contributed by atoms with van der Waals surface area (Å²) in [7, 11) is 0. The van der Waals surface area contributed by atoms with Crippen molar-refractivity contribution in [3.05, 3.63) is 0 Å². The fourth-order valence-electron chi connectivity index (χ4n) is 3.07. The van der Waals surface area contributed by atoms with Crippen LogP contribution in [0.2, 0.25) is 0 Å². The molecule has 3 heteroatoms. The standard InChI is InChI=1S/C16H32N2O/c1-5-9-16(12-17,10-6-2)15(19)18(11-13(3)4)14-7-8-14/h13-14H,5-12,17H2,1-4H3. The van der Waals surface area contributed by atoms with Crippen LogP contribution >= 0.6 is 0 Å². The Balaban J connectivity index is 2.87. The van der Waals surface area contributed by atoms with E-state index < -0.39 is 0 Å². The molecule has 1 saturated carbocycles. The molecule has 0 radical (unpaired) electrons. The Morgan fingerprint density at radius 3 is 2.11 bits per heavy atom. The Morgan fingerprint density at radius 1 is 1.26 bits per heavy atom. The Kier molecular flexibility index (Phi) is 6.31. The number of carbonyl (C=O) groups excluding carboxylic acids is 1. The summed E-state index contributed by atoms with van der Waals surface area (Å²) in [5.74, 6) is 0.859. The minimum Gasteiger partial charge on any atom is -0.339 e. The summed E-state index contributed by atoms with van der Waals surface area (Å²) >= 11 is 0. The van der Waals surface area contributed by atoms with Gasteiger partial charge >= 0.3 is 0 Å². The summed E-state index contributed by atoms with van der Waals surface area (Å²) < 4.78 is 0. The first kappa shape index (κ1) is 16.5. The van der Waals surface area contributed by atoms with Crippen molar-refractivity contribution in [2.24, 2.45) is 17.1 Å². The maximum Gasteiger partial charge on any atom is 0.230 e. The molecule has 0 aromatic carbocycles. The quantitative estimate of drug-likeness (QED) is 0.698. The Morgan fingerprint density at radius 2 is 1.79 bits per heavy atom. The van der Waals surface area contributed by atoms with Crippen molar-refractivity contribution in [1.82, 2.24) is 4.90 Å². The summed E-state index contributed by atoms with van der Waals surface area (Å²) in [6.45, 7) is 10.1. The first-order chi connectivity index (χ1) is 9.00. The smallest absolute Gasteiger partial charge is 0.230 e. The molecule has 1 rings (SSSR count). The van der Waals surface area contributed by atoms with Crippen LogP contribution in [0.3, 0.4) is 0 Å². The van der Waals surface area contributed by atoms with Crippen molar-refractivity contribution in [2.75, 3.05) is 13.1 Å². The van der Waals surface area contributed by atoms with Gasteiger partial charge in [-0.05, 0) is 31.6 Å². The van der Waals surface area contributed by atoms with Crippen LogP contribution in [0.25, 0.3) is 0 Å². The van der Waals surface area contributed by atoms with E-state index in [4.69, 9.17) is 5.73 Å². The molecule has 3 nitrogen and oxygen atoms in total. The van der Waals surface area contributed by atoms with Crippen molar-refractivity contribution >= 4 is 5.91 Å². The van der Waals surface area contributed by atoms with Gasteiger partial charge in [-0.3, -0.25) is 4.79 Å². The van der Waals surface area contributed by atoms with Gasteiger partial charge in [0, 0.05) is 19.1 Å². The third-order valence-corrected chi connectivity index (χ3v) is 4.11. The highest BCUT2D eigenvalue weighted by molar-refractivity contribution is 5.83. The maximum atomic E-state index is 13.0. The van der Waals surface area contributed by atoms with Gasteiger partial charge in [0.05, 0.1) is 5.41 Å². The average molecular weight is 268 g/mol. The van der Waals surface area contributed by atoms with Crippen LogP contribution < -0.4 is 5.73 Å². The van der Waals surface area contributed by atoms with Crippen LogP contribution in [0.1, 0.15) is 66.2 Å². The lowest BCUT2D eigenvalue weighted by Gasteiger charge is -2.37. The van der Waals surface area contributed by atoms with Crippen LogP contribution in [-0.2, 0) is 4.79 Å². The largest absolute Gasteiger partial charge is 0.339 e. The lowest BCUT2D eigenvalue weighted by molar-refractivity contribution is -0.144. The normalized spacial score (nSPS) is 15.9. The highest BCUT2D eigenvalue weighted by Gasteiger charge is 2.43. The fourth-order valence-corrected chi connectivity index (χ4v) is 3.07. The van der Waals surface area contributed by atoms with E-state index in [1.54, 1.807) is 0 Å². The number of rotatable bonds is 9. The Bertz CT molecular complexity index is 278. The molecule has 0 atom stereocenters. The van der Waals surface area contributed by atoms with Crippen LogP contribution in [0.15, 0.2) is 0 Å². The second kappa shape index (κ2) is 7.28. The molecule has 1 aliphatic rings. The molecular weight excluding hydrogens is 236 g/mol. The molecule has 19 heavy (non-hydrogen) atoms. The topological polar surface area (TPSA) is 46.3 Å². The zero-order valence-electron chi connectivity index (χ0n) is 13.2. The summed E-state index contributed by atoms with van der Waals surface area (Å²) in [6, 6.07) is 0.495. The minimum absolute atomic E-state index is 0.305. The van der Waals surface area contributed by atoms with Crippen molar-refractivity contribution < 1.29 is 4.79 Å². The summed E-state index contributed by atoms with van der Waals surface area (Å²) in [6.07, 6.45) is 6.27. The lowest BCUT2D eigenvalue weighted by atomic mass is 9.77. The van der Waals surface area contributed by atoms with Crippen molar-refractivity contribution in [2.45, 2.75) is 72.3 Å². The molecule has 1 fully saturated rings. The predicted octanol–water partition coefficient (Wildman–Crippen LogP) is 3.18. The molecule has 112 valence electrons. The number of amides is 1. The number of carbonyl (C=O) groups is 1. The molecule has 0 bridgehead atoms. The van der Waals surface area contributed by atoms with Crippen molar-refractivity contribution in [3.8, 4) is 0 Å². The van der Waals surface area contributed by atoms with E-state index in [1.165, 1.54) is 12.8 Å². The molecule has 0 aromatic heterocycles. The zero-order valence-corrected chi connectivity index (χ0v) is 13.2. The third-order valence-electron chi connectivity index (χ3n) is 4.11. The molecule has 0 saturated heterocycles. The Labute approximate surface area is 118 Å². The first-order valence-electron chi connectivity index (χ1n) is 8.01. The molecule has 1 amide bonds. The van der Waals surface area contributed by atoms with Gasteiger partial charge in [0.25, 0.3) is 0 Å². The second-order valence-electron chi connectivity index (χ2n) is 6.57. The molecule has 1 aliphatic carbocycles. The zero-order chi connectivity index (χ0) is 14.5. The number of hydrogen-bond acceptors (Lipinski definition) is 2. The van der Waals surface area contributed by atoms with Crippen molar-refractivity contribution in [3.63, 3.8) is 0 Å². The predicted molar refractivity (Wildman–Crippen MR) is 80.9 cm³/mol. The molecule has 0 aliphatic heterocycles. The average Bonchev–Trinajstić information content (AvgIpc) is 3.18. The summed E-state index contributed by atoms with van der Waals surface area (Å²) in [5, 5.41) is 0. The van der Waals surface area contributed by atoms with Crippen molar-refractivity contribution in [1.29, 1.82) is 0 Å². The van der Waals surface area contributed by atoms with Gasteiger partial charge in [0.15, 0.2) is 0 Å². The van der Waals surface area contributed by atoms with Gasteiger partial charge in [-0.15, -0.1) is 0 Å². The van der Waals surface area contributed by atoms with E-state index in [2.05, 4.69) is 32.6 Å². The summed E-state index contributed by atoms with van der Waals surface area (Å²) in [4.78, 5) is 15.2. The number of nitrogens with two attached hydrogens (primary N) is 1. The first-order valence-corrected chi connectivity index (χ1v) is 8.01. The van der Waals surface area contributed by atoms with Gasteiger partial charge in [-0.2, -0.15) is 0 Å². The van der Waals surface area contributed by atoms with Crippen LogP contribution in [-0.4, -0.2) is 29.9 Å². The summed E-state index contributed by atoms with van der Waals surface area (Å²) in [5.41, 5.74) is 5.72. The number of hydrogen-bond donors (Lipinski definition) is 1. The van der Waals surface area contributed by atoms with Crippen LogP contribution in [0.4, 0.5) is 0 Å². The monoisotopic (exact) mass is 268 g/mol. The van der Waals surface area contributed by atoms with E-state index in [-0.39, 0.29) is 5.41 Å². The lowest BCUT2D eigenvalue weighted by Crippen LogP contribution is -2.50. The van der Waals surface area contributed by atoms with E-state index in [1.807, 2.05) is 0 Å². The van der Waals surface area contributed by atoms with Crippen LogP contribution in [0.5, 0.6) is 0 Å². The molecular formula is C16H32N2O. The molecule has 0 heterocycles. The highest BCUT2D eigenvalue weighted by atomic mass is 16.2. The molecule has 0 spiro atoms. The van der Waals surface area contributed by atoms with Gasteiger partial charge in [-0.1, -0.05) is 40.5 Å². The van der Waals surface area contributed by atoms with E-state index >= 15 is 0 Å². The minimum atomic E-state index is -0.305. The molecule has 0 unspecified atom stereocenters.